The van der Waals surface area contributed by atoms with E-state index >= 15 is 4.39 Å². The largest absolute Gasteiger partial charge is 0.458 e. The molecule has 0 spiro atoms. The summed E-state index contributed by atoms with van der Waals surface area (Å²) in [5, 5.41) is 28.0. The number of nitrogens with zero attached hydrogens (tertiary/aromatic N) is 3. The zero-order chi connectivity index (χ0) is 67.2. The number of pyridine rings is 2. The molecule has 4 atom stereocenters. The van der Waals surface area contributed by atoms with Gasteiger partial charge in [-0.2, -0.15) is 0 Å². The second kappa shape index (κ2) is 28.5. The third-order valence-electron chi connectivity index (χ3n) is 17.5. The second-order valence-electron chi connectivity index (χ2n) is 24.9. The van der Waals surface area contributed by atoms with Crippen molar-refractivity contribution in [2.24, 2.45) is 5.73 Å². The lowest BCUT2D eigenvalue weighted by Crippen LogP contribution is -2.55. The van der Waals surface area contributed by atoms with E-state index in [1.54, 1.807) is 71.0 Å². The van der Waals surface area contributed by atoms with Crippen LogP contribution in [0.5, 0.6) is 0 Å². The SMILES string of the molecule is CC[C@@]1(O)C(=O)OCc2c1cc1n(c2=O)Cc2c-1nc1cc(F)c(C)c3c1c2[C@@H](NC(=O)CCCNC(=O)CNC(=O)[C@H](Cc1ccccc1)NC(=O)CNC(=O)CN(C(=O)OC(C)(C)C)C(=O)[C@H](CCCCN)NC(=O)OCC1c2ccccc2-c2ccccc21)CC3. The van der Waals surface area contributed by atoms with Crippen molar-refractivity contribution in [2.45, 2.75) is 141 Å². The van der Waals surface area contributed by atoms with Gasteiger partial charge in [-0.1, -0.05) is 85.8 Å². The first-order chi connectivity index (χ1) is 45.0. The summed E-state index contributed by atoms with van der Waals surface area (Å²) in [6.07, 6.45) is -0.414. The van der Waals surface area contributed by atoms with Gasteiger partial charge in [-0.15, -0.1) is 0 Å². The molecule has 4 aromatic carbocycles. The van der Waals surface area contributed by atoms with Crippen LogP contribution >= 0.6 is 0 Å². The van der Waals surface area contributed by atoms with E-state index in [9.17, 15) is 53.1 Å². The van der Waals surface area contributed by atoms with E-state index in [-0.39, 0.29) is 87.9 Å². The predicted octanol–water partition coefficient (Wildman–Crippen LogP) is 5.29. The molecule has 0 radical (unpaired) electrons. The van der Waals surface area contributed by atoms with Crippen LogP contribution in [0.2, 0.25) is 0 Å². The highest BCUT2D eigenvalue weighted by molar-refractivity contribution is 6.01. The summed E-state index contributed by atoms with van der Waals surface area (Å²) >= 11 is 0. The highest BCUT2D eigenvalue weighted by Crippen LogP contribution is 2.47. The number of fused-ring (bicyclic) bond motifs is 8. The molecule has 24 nitrogen and oxygen atoms in total. The molecular weight excluding hydrogens is 1210 g/mol. The van der Waals surface area contributed by atoms with Crippen LogP contribution in [0, 0.1) is 12.7 Å². The number of aliphatic hydroxyl groups is 1. The molecule has 25 heteroatoms. The number of esters is 1. The maximum Gasteiger partial charge on any atom is 0.417 e. The van der Waals surface area contributed by atoms with Crippen LogP contribution < -0.4 is 43.2 Å². The van der Waals surface area contributed by atoms with E-state index in [0.717, 1.165) is 27.8 Å². The Bertz CT molecular complexity index is 4010. The molecule has 10 rings (SSSR count). The molecule has 0 fully saturated rings. The van der Waals surface area contributed by atoms with Gasteiger partial charge >= 0.3 is 18.2 Å². The van der Waals surface area contributed by atoms with Crippen molar-refractivity contribution in [3.8, 4) is 22.5 Å². The molecule has 8 amide bonds. The first kappa shape index (κ1) is 67.0. The van der Waals surface area contributed by atoms with Gasteiger partial charge in [-0.05, 0) is 130 Å². The molecule has 0 saturated heterocycles. The predicted molar refractivity (Wildman–Crippen MR) is 342 cm³/mol. The summed E-state index contributed by atoms with van der Waals surface area (Å²) in [5.74, 6) is -6.10. The summed E-state index contributed by atoms with van der Waals surface area (Å²) < 4.78 is 33.5. The first-order valence-electron chi connectivity index (χ1n) is 31.6. The minimum Gasteiger partial charge on any atom is -0.458 e. The van der Waals surface area contributed by atoms with Crippen LogP contribution in [0.4, 0.5) is 14.0 Å². The summed E-state index contributed by atoms with van der Waals surface area (Å²) in [7, 11) is 0. The summed E-state index contributed by atoms with van der Waals surface area (Å²) in [6.45, 7) is 5.81. The van der Waals surface area contributed by atoms with Crippen LogP contribution in [-0.2, 0) is 79.4 Å². The Morgan fingerprint density at radius 3 is 2.21 bits per heavy atom. The molecule has 4 heterocycles. The molecule has 2 aliphatic heterocycles. The van der Waals surface area contributed by atoms with Crippen LogP contribution in [0.25, 0.3) is 33.4 Å². The van der Waals surface area contributed by atoms with Gasteiger partial charge in [0.2, 0.25) is 29.5 Å². The number of nitrogens with one attached hydrogen (secondary N) is 6. The van der Waals surface area contributed by atoms with Crippen LogP contribution in [0.3, 0.4) is 0 Å². The number of unbranched alkanes of at least 4 members (excludes halogenated alkanes) is 1. The van der Waals surface area contributed by atoms with Gasteiger partial charge in [0.05, 0.1) is 48.1 Å². The van der Waals surface area contributed by atoms with Gasteiger partial charge < -0.3 is 61.5 Å². The highest BCUT2D eigenvalue weighted by Gasteiger charge is 2.46. The molecule has 4 aliphatic rings. The second-order valence-corrected chi connectivity index (χ2v) is 24.9. The molecule has 94 heavy (non-hydrogen) atoms. The van der Waals surface area contributed by atoms with Gasteiger partial charge in [0.1, 0.15) is 43.3 Å². The number of carbonyl (C=O) groups excluding carboxylic acids is 9. The van der Waals surface area contributed by atoms with E-state index in [1.807, 2.05) is 48.5 Å². The van der Waals surface area contributed by atoms with Gasteiger partial charge in [0.15, 0.2) is 5.60 Å². The Hall–Kier alpha value is -9.88. The molecule has 2 aliphatic carbocycles. The van der Waals surface area contributed by atoms with Gasteiger partial charge in [0.25, 0.3) is 11.5 Å². The number of ether oxygens (including phenoxy) is 3. The first-order valence-corrected chi connectivity index (χ1v) is 31.6. The number of aryl methyl sites for hydroxylation is 1. The number of aromatic nitrogens is 2. The summed E-state index contributed by atoms with van der Waals surface area (Å²) in [4.78, 5) is 142. The normalized spacial score (nSPS) is 16.3. The number of benzene rings is 4. The Morgan fingerprint density at radius 1 is 0.830 bits per heavy atom. The summed E-state index contributed by atoms with van der Waals surface area (Å²) in [6, 6.07) is 23.9. The fraction of sp³-hybridized carbons (Fsp3) is 0.406. The van der Waals surface area contributed by atoms with Crippen molar-refractivity contribution in [3.05, 3.63) is 157 Å². The van der Waals surface area contributed by atoms with Gasteiger partial charge in [-0.3, -0.25) is 33.6 Å². The van der Waals surface area contributed by atoms with Crippen LogP contribution in [0.1, 0.15) is 135 Å². The van der Waals surface area contributed by atoms with Crippen LogP contribution in [0.15, 0.2) is 95.8 Å². The van der Waals surface area contributed by atoms with Crippen molar-refractivity contribution < 1.29 is 66.9 Å². The molecule has 0 unspecified atom stereocenters. The molecule has 2 aromatic heterocycles. The fourth-order valence-electron chi connectivity index (χ4n) is 12.7. The maximum atomic E-state index is 15.5. The Labute approximate surface area is 541 Å². The van der Waals surface area contributed by atoms with Gasteiger partial charge in [-0.25, -0.2) is 28.7 Å². The number of hydrogen-bond donors (Lipinski definition) is 8. The number of nitrogens with two attached hydrogens (primary N) is 1. The molecule has 494 valence electrons. The van der Waals surface area contributed by atoms with Crippen molar-refractivity contribution in [1.82, 2.24) is 46.4 Å². The number of rotatable bonds is 24. The number of carbonyl (C=O) groups is 9. The lowest BCUT2D eigenvalue weighted by atomic mass is 9.81. The highest BCUT2D eigenvalue weighted by atomic mass is 19.1. The Kier molecular flexibility index (Phi) is 20.4. The van der Waals surface area contributed by atoms with Crippen molar-refractivity contribution in [1.29, 1.82) is 0 Å². The molecule has 6 aromatic rings. The van der Waals surface area contributed by atoms with E-state index in [4.69, 9.17) is 24.9 Å². The maximum absolute atomic E-state index is 15.5. The van der Waals surface area contributed by atoms with Crippen molar-refractivity contribution in [2.75, 3.05) is 39.3 Å². The molecular formula is C69H77FN10O14. The average Bonchev–Trinajstić information content (AvgIpc) is 1.46. The number of cyclic esters (lactones) is 1. The minimum absolute atomic E-state index is 0.0139. The van der Waals surface area contributed by atoms with Gasteiger partial charge in [0, 0.05) is 47.9 Å². The average molecular weight is 1290 g/mol. The van der Waals surface area contributed by atoms with E-state index in [0.29, 0.717) is 75.1 Å². The zero-order valence-corrected chi connectivity index (χ0v) is 53.0. The number of halogens is 1. The number of imide groups is 1. The standard InChI is InChI=1S/C69H77FN10O14/c1-6-69(91)48-30-54-61-45(34-79(54)63(86)47(48)37-92-65(69)88)60-50(26-25-40-38(2)49(70)31-52(77-61)59(40)60)75-55(81)24-16-28-72-56(82)32-74-62(85)53(29-39-17-8-7-9-18-39)76-57(83)33-73-58(84)35-80(67(90)94-68(3,4)5)64(87)51(23-14-15-27-71)78-66(89)93-36-46-43-21-12-10-19-41(43)42-20-11-13-22-44(42)46/h7-13,17-22,30-31,46,50-51,53,91H,6,14-16,23-29,32-37,71H2,1-5H3,(H,72,82)(H,73,84)(H,74,85)(H,75,81)(H,76,83)(H,78,89)/t50-,51-,53-,69-/m0/s1. The number of alkyl carbamates (subject to hydrolysis) is 1. The van der Waals surface area contributed by atoms with Crippen molar-refractivity contribution >= 4 is 64.5 Å². The lowest BCUT2D eigenvalue weighted by Gasteiger charge is -2.31. The Balaban J connectivity index is 0.729. The van der Waals surface area contributed by atoms with Crippen LogP contribution in [-0.4, -0.2) is 130 Å². The minimum atomic E-state index is -2.06. The topological polar surface area (TPSA) is 338 Å². The third kappa shape index (κ3) is 14.5. The smallest absolute Gasteiger partial charge is 0.417 e. The molecule has 9 N–H and O–H groups in total. The van der Waals surface area contributed by atoms with E-state index in [2.05, 4.69) is 31.9 Å². The number of hydrogen-bond acceptors (Lipinski definition) is 16. The third-order valence-corrected chi connectivity index (χ3v) is 17.5. The molecule has 0 bridgehead atoms. The fourth-order valence-corrected chi connectivity index (χ4v) is 12.7. The van der Waals surface area contributed by atoms with Crippen molar-refractivity contribution in [3.63, 3.8) is 0 Å². The molecule has 0 saturated carbocycles. The quantitative estimate of drug-likeness (QED) is 0.0217. The zero-order valence-electron chi connectivity index (χ0n) is 53.0. The monoisotopic (exact) mass is 1290 g/mol. The lowest BCUT2D eigenvalue weighted by molar-refractivity contribution is -0.172. The summed E-state index contributed by atoms with van der Waals surface area (Å²) in [5.41, 5.74) is 10.5. The number of amides is 8. The van der Waals surface area contributed by atoms with E-state index in [1.165, 1.54) is 10.6 Å². The van der Waals surface area contributed by atoms with E-state index < -0.39 is 108 Å². The Morgan fingerprint density at radius 2 is 1.52 bits per heavy atom.